The van der Waals surface area contributed by atoms with Crippen LogP contribution >= 0.6 is 0 Å². The third-order valence-electron chi connectivity index (χ3n) is 3.36. The third kappa shape index (κ3) is 7.66. The Morgan fingerprint density at radius 2 is 1.29 bits per heavy atom. The summed E-state index contributed by atoms with van der Waals surface area (Å²) < 4.78 is 26.1. The van der Waals surface area contributed by atoms with Crippen molar-refractivity contribution >= 4 is 0 Å². The van der Waals surface area contributed by atoms with E-state index in [0.29, 0.717) is 39.6 Å². The molecule has 1 aliphatic rings. The summed E-state index contributed by atoms with van der Waals surface area (Å²) in [4.78, 5) is 0. The second-order valence-corrected chi connectivity index (χ2v) is 5.19. The van der Waals surface area contributed by atoms with Crippen LogP contribution in [0.1, 0.15) is 0 Å². The maximum atomic E-state index is 9.76. The first kappa shape index (κ1) is 21.6. The van der Waals surface area contributed by atoms with Crippen molar-refractivity contribution in [2.75, 3.05) is 59.4 Å². The van der Waals surface area contributed by atoms with Crippen molar-refractivity contribution in [3.8, 4) is 0 Å². The molecule has 1 saturated heterocycles. The first-order chi connectivity index (χ1) is 11.6. The van der Waals surface area contributed by atoms with Gasteiger partial charge in [-0.05, 0) is 0 Å². The number of aliphatic hydroxyl groups is 4. The lowest BCUT2D eigenvalue weighted by atomic mass is 9.99. The highest BCUT2D eigenvalue weighted by Gasteiger charge is 2.43. The monoisotopic (exact) mass is 355 g/mol. The topological polar surface area (TPSA) is 153 Å². The maximum absolute atomic E-state index is 9.76. The van der Waals surface area contributed by atoms with Crippen LogP contribution in [0.3, 0.4) is 0 Å². The fourth-order valence-electron chi connectivity index (χ4n) is 2.05. The SMILES string of the molecule is NCCOCCOCCOCCO[C@@H]1O[C@H](CO)[C@@H](O)[C@H](O)[C@H]1O. The van der Waals surface area contributed by atoms with Gasteiger partial charge in [0, 0.05) is 6.54 Å². The lowest BCUT2D eigenvalue weighted by Gasteiger charge is -2.39. The van der Waals surface area contributed by atoms with E-state index in [1.54, 1.807) is 0 Å². The van der Waals surface area contributed by atoms with Gasteiger partial charge in [0.15, 0.2) is 6.29 Å². The van der Waals surface area contributed by atoms with Gasteiger partial charge in [0.25, 0.3) is 0 Å². The highest BCUT2D eigenvalue weighted by atomic mass is 16.7. The Labute approximate surface area is 141 Å². The maximum Gasteiger partial charge on any atom is 0.186 e. The second-order valence-electron chi connectivity index (χ2n) is 5.19. The van der Waals surface area contributed by atoms with Crippen LogP contribution in [0, 0.1) is 0 Å². The molecule has 0 aromatic carbocycles. The molecule has 1 rings (SSSR count). The molecule has 0 radical (unpaired) electrons. The predicted molar refractivity (Wildman–Crippen MR) is 81.2 cm³/mol. The van der Waals surface area contributed by atoms with E-state index in [9.17, 15) is 15.3 Å². The number of hydrogen-bond donors (Lipinski definition) is 5. The van der Waals surface area contributed by atoms with E-state index in [1.165, 1.54) is 0 Å². The average Bonchev–Trinajstić information content (AvgIpc) is 2.59. The molecule has 1 heterocycles. The molecule has 1 aliphatic heterocycles. The Hall–Kier alpha value is -0.400. The number of aliphatic hydroxyl groups excluding tert-OH is 4. The van der Waals surface area contributed by atoms with Crippen LogP contribution < -0.4 is 5.73 Å². The molecule has 0 bridgehead atoms. The minimum Gasteiger partial charge on any atom is -0.394 e. The lowest BCUT2D eigenvalue weighted by molar-refractivity contribution is -0.302. The van der Waals surface area contributed by atoms with Crippen LogP contribution in [0.4, 0.5) is 0 Å². The molecule has 0 unspecified atom stereocenters. The van der Waals surface area contributed by atoms with Gasteiger partial charge < -0.3 is 49.8 Å². The zero-order valence-electron chi connectivity index (χ0n) is 13.7. The standard InChI is InChI=1S/C14H29NO9/c15-1-2-20-3-4-21-5-6-22-7-8-23-14-13(19)12(18)11(17)10(9-16)24-14/h10-14,16-19H,1-9,15H2/t10-,11-,12+,13-,14-/m1/s1. The van der Waals surface area contributed by atoms with E-state index in [2.05, 4.69) is 0 Å². The molecule has 10 nitrogen and oxygen atoms in total. The molecule has 5 atom stereocenters. The zero-order valence-corrected chi connectivity index (χ0v) is 13.7. The normalized spacial score (nSPS) is 30.6. The first-order valence-corrected chi connectivity index (χ1v) is 7.97. The molecule has 144 valence electrons. The Kier molecular flexibility index (Phi) is 11.6. The molecule has 1 fully saturated rings. The summed E-state index contributed by atoms with van der Waals surface area (Å²) in [6.45, 7) is 2.58. The van der Waals surface area contributed by atoms with Crippen molar-refractivity contribution in [2.45, 2.75) is 30.7 Å². The van der Waals surface area contributed by atoms with Crippen molar-refractivity contribution in [3.63, 3.8) is 0 Å². The van der Waals surface area contributed by atoms with Gasteiger partial charge in [0.2, 0.25) is 0 Å². The van der Waals surface area contributed by atoms with Crippen LogP contribution in [0.5, 0.6) is 0 Å². The van der Waals surface area contributed by atoms with Gasteiger partial charge in [-0.2, -0.15) is 0 Å². The van der Waals surface area contributed by atoms with E-state index in [-0.39, 0.29) is 13.2 Å². The molecule has 10 heteroatoms. The molecular formula is C14H29NO9. The molecule has 0 spiro atoms. The van der Waals surface area contributed by atoms with Crippen LogP contribution in [0.25, 0.3) is 0 Å². The fraction of sp³-hybridized carbons (Fsp3) is 1.00. The zero-order chi connectivity index (χ0) is 17.8. The van der Waals surface area contributed by atoms with E-state index in [0.717, 1.165) is 0 Å². The van der Waals surface area contributed by atoms with Crippen LogP contribution in [-0.4, -0.2) is 111 Å². The average molecular weight is 355 g/mol. The Bertz CT molecular complexity index is 308. The van der Waals surface area contributed by atoms with Gasteiger partial charge in [-0.25, -0.2) is 0 Å². The van der Waals surface area contributed by atoms with E-state index in [4.69, 9.17) is 34.5 Å². The van der Waals surface area contributed by atoms with E-state index in [1.807, 2.05) is 0 Å². The molecular weight excluding hydrogens is 326 g/mol. The first-order valence-electron chi connectivity index (χ1n) is 7.97. The number of nitrogens with two attached hydrogens (primary N) is 1. The Morgan fingerprint density at radius 1 is 0.750 bits per heavy atom. The minimum absolute atomic E-state index is 0.113. The van der Waals surface area contributed by atoms with Crippen molar-refractivity contribution in [1.29, 1.82) is 0 Å². The van der Waals surface area contributed by atoms with Gasteiger partial charge in [0.05, 0.1) is 52.9 Å². The van der Waals surface area contributed by atoms with Gasteiger partial charge in [-0.15, -0.1) is 0 Å². The predicted octanol–water partition coefficient (Wildman–Crippen LogP) is -3.19. The molecule has 6 N–H and O–H groups in total. The van der Waals surface area contributed by atoms with Gasteiger partial charge >= 0.3 is 0 Å². The second kappa shape index (κ2) is 12.9. The molecule has 24 heavy (non-hydrogen) atoms. The van der Waals surface area contributed by atoms with Crippen LogP contribution in [0.15, 0.2) is 0 Å². The summed E-state index contributed by atoms with van der Waals surface area (Å²) in [7, 11) is 0. The molecule has 0 aromatic heterocycles. The van der Waals surface area contributed by atoms with Crippen molar-refractivity contribution in [3.05, 3.63) is 0 Å². The van der Waals surface area contributed by atoms with Crippen LogP contribution in [-0.2, 0) is 23.7 Å². The Balaban J connectivity index is 2.02. The van der Waals surface area contributed by atoms with Crippen molar-refractivity contribution in [1.82, 2.24) is 0 Å². The summed E-state index contributed by atoms with van der Waals surface area (Å²) >= 11 is 0. The quantitative estimate of drug-likeness (QED) is 0.214. The summed E-state index contributed by atoms with van der Waals surface area (Å²) in [6.07, 6.45) is -6.37. The van der Waals surface area contributed by atoms with Crippen LogP contribution in [0.2, 0.25) is 0 Å². The summed E-state index contributed by atoms with van der Waals surface area (Å²) in [5.41, 5.74) is 5.27. The highest BCUT2D eigenvalue weighted by Crippen LogP contribution is 2.21. The summed E-state index contributed by atoms with van der Waals surface area (Å²) in [5.74, 6) is 0. The number of ether oxygens (including phenoxy) is 5. The largest absolute Gasteiger partial charge is 0.394 e. The van der Waals surface area contributed by atoms with Crippen molar-refractivity contribution in [2.24, 2.45) is 5.73 Å². The summed E-state index contributed by atoms with van der Waals surface area (Å²) in [5, 5.41) is 38.1. The highest BCUT2D eigenvalue weighted by molar-refractivity contribution is 4.88. The number of hydrogen-bond acceptors (Lipinski definition) is 10. The lowest BCUT2D eigenvalue weighted by Crippen LogP contribution is -2.59. The summed E-state index contributed by atoms with van der Waals surface area (Å²) in [6, 6.07) is 0. The van der Waals surface area contributed by atoms with Gasteiger partial charge in [-0.1, -0.05) is 0 Å². The van der Waals surface area contributed by atoms with Gasteiger partial charge in [0.1, 0.15) is 24.4 Å². The third-order valence-corrected chi connectivity index (χ3v) is 3.36. The molecule has 0 saturated carbocycles. The smallest absolute Gasteiger partial charge is 0.186 e. The van der Waals surface area contributed by atoms with Crippen molar-refractivity contribution < 1.29 is 44.1 Å². The molecule has 0 aliphatic carbocycles. The van der Waals surface area contributed by atoms with E-state index >= 15 is 0 Å². The number of rotatable bonds is 13. The molecule has 0 aromatic rings. The fourth-order valence-corrected chi connectivity index (χ4v) is 2.05. The molecule has 0 amide bonds. The van der Waals surface area contributed by atoms with Gasteiger partial charge in [-0.3, -0.25) is 0 Å². The minimum atomic E-state index is -1.45. The Morgan fingerprint density at radius 3 is 1.83 bits per heavy atom. The van der Waals surface area contributed by atoms with E-state index < -0.39 is 37.3 Å².